The van der Waals surface area contributed by atoms with E-state index < -0.39 is 67.6 Å². The Morgan fingerprint density at radius 1 is 1.12 bits per heavy atom. The van der Waals surface area contributed by atoms with Crippen molar-refractivity contribution in [3.05, 3.63) is 81.7 Å². The highest BCUT2D eigenvalue weighted by Gasteiger charge is 2.50. The van der Waals surface area contributed by atoms with E-state index in [1.165, 1.54) is 26.0 Å². The number of amides is 1. The number of nitrogen functional groups attached to an aromatic ring is 1. The predicted octanol–water partition coefficient (Wildman–Crippen LogP) is 0.965. The van der Waals surface area contributed by atoms with Crippen LogP contribution < -0.4 is 22.3 Å². The van der Waals surface area contributed by atoms with E-state index in [1.807, 2.05) is 6.07 Å². The van der Waals surface area contributed by atoms with Crippen LogP contribution in [0.4, 0.5) is 5.82 Å². The van der Waals surface area contributed by atoms with Crippen LogP contribution in [0.5, 0.6) is 0 Å². The molecule has 21 heteroatoms. The number of carbonyl (C=O) groups excluding carboxylic acids is 1. The summed E-state index contributed by atoms with van der Waals surface area (Å²) < 4.78 is 46.9. The van der Waals surface area contributed by atoms with Gasteiger partial charge in [0.25, 0.3) is 11.5 Å². The lowest BCUT2D eigenvalue weighted by Gasteiger charge is -2.28. The van der Waals surface area contributed by atoms with Crippen LogP contribution in [0.1, 0.15) is 42.1 Å². The molecule has 5 heterocycles. The van der Waals surface area contributed by atoms with Gasteiger partial charge in [-0.3, -0.25) is 32.8 Å². The van der Waals surface area contributed by atoms with E-state index in [9.17, 15) is 29.2 Å². The zero-order valence-corrected chi connectivity index (χ0v) is 29.6. The molecule has 3 aromatic heterocycles. The van der Waals surface area contributed by atoms with Gasteiger partial charge in [0, 0.05) is 43.7 Å². The fraction of sp³-hybridized carbons (Fsp3) is 0.484. The number of aliphatic hydroxyl groups is 2. The standard InChI is InChI=1S/C31H39N8O11PS/c1-46-26-25(20(14-40)49-30(26)38-11-9-22(42)37-31(38)44)50-51(45,52-12-6-5-10-33-29(43)18-7-3-2-4-8-18)47-15-21-19(41)13-23(48-21)39-17-36-24-27(32)34-16-35-28(24)39/h2-4,7-9,11,16-17,19-21,23,25-26,30,40-41H,5-6,10,12-15H2,1H3,(H,33,43)(H2,32,34,35)(H,37,42,44)/t19?,20-,21-,23-,25?,26?,30-,51?/m1/s1. The van der Waals surface area contributed by atoms with Crippen molar-refractivity contribution >= 4 is 41.1 Å². The monoisotopic (exact) mass is 762 g/mol. The number of benzene rings is 1. The lowest BCUT2D eigenvalue weighted by Crippen LogP contribution is -2.39. The Morgan fingerprint density at radius 3 is 2.67 bits per heavy atom. The summed E-state index contributed by atoms with van der Waals surface area (Å²) in [5.41, 5.74) is 5.83. The summed E-state index contributed by atoms with van der Waals surface area (Å²) in [6, 6.07) is 9.92. The average Bonchev–Trinajstić information content (AvgIpc) is 3.84. The van der Waals surface area contributed by atoms with Crippen LogP contribution in [0.2, 0.25) is 0 Å². The van der Waals surface area contributed by atoms with Crippen LogP contribution in [0.25, 0.3) is 11.2 Å². The largest absolute Gasteiger partial charge is 0.394 e. The highest BCUT2D eigenvalue weighted by Crippen LogP contribution is 2.63. The smallest absolute Gasteiger partial charge is 0.389 e. The number of unbranched alkanes of at least 4 members (excludes halogenated alkanes) is 1. The third kappa shape index (κ3) is 8.46. The lowest BCUT2D eigenvalue weighted by atomic mass is 10.1. The molecule has 52 heavy (non-hydrogen) atoms. The Balaban J connectivity index is 1.14. The molecule has 0 bridgehead atoms. The minimum Gasteiger partial charge on any atom is -0.394 e. The molecule has 19 nitrogen and oxygen atoms in total. The number of carbonyl (C=O) groups is 1. The fourth-order valence-electron chi connectivity index (χ4n) is 5.91. The molecular formula is C31H39N8O11PS. The molecule has 2 aliphatic heterocycles. The molecule has 4 unspecified atom stereocenters. The van der Waals surface area contributed by atoms with Gasteiger partial charge in [0.05, 0.1) is 25.6 Å². The second kappa shape index (κ2) is 16.8. The number of aromatic nitrogens is 6. The van der Waals surface area contributed by atoms with E-state index in [4.69, 9.17) is 29.0 Å². The van der Waals surface area contributed by atoms with Gasteiger partial charge in [-0.25, -0.2) is 24.3 Å². The topological polar surface area (TPSA) is 257 Å². The van der Waals surface area contributed by atoms with E-state index in [1.54, 1.807) is 28.8 Å². The molecule has 4 aromatic rings. The van der Waals surface area contributed by atoms with Gasteiger partial charge in [0.1, 0.15) is 42.5 Å². The van der Waals surface area contributed by atoms with Crippen LogP contribution in [0.3, 0.4) is 0 Å². The van der Waals surface area contributed by atoms with Crippen molar-refractivity contribution in [1.82, 2.24) is 34.4 Å². The van der Waals surface area contributed by atoms with Crippen LogP contribution >= 0.6 is 18.2 Å². The van der Waals surface area contributed by atoms with Gasteiger partial charge < -0.3 is 35.5 Å². The van der Waals surface area contributed by atoms with Gasteiger partial charge in [0.2, 0.25) is 0 Å². The number of rotatable bonds is 16. The maximum atomic E-state index is 14.5. The number of nitrogens with zero attached hydrogens (tertiary/aromatic N) is 5. The SMILES string of the molecule is COC1C(OP(=O)(OC[C@H]2O[C@@H](n3cnc4c(N)ncnc43)CC2O)SCCCCNC(=O)c2ccccc2)[C@@H](CO)O[C@H]1n1ccc(=O)[nH]c1=O. The summed E-state index contributed by atoms with van der Waals surface area (Å²) in [4.78, 5) is 51.3. The van der Waals surface area contributed by atoms with Crippen molar-refractivity contribution in [3.63, 3.8) is 0 Å². The average molecular weight is 763 g/mol. The number of fused-ring (bicyclic) bond motifs is 1. The normalized spacial score (nSPS) is 25.7. The third-order valence-electron chi connectivity index (χ3n) is 8.55. The lowest BCUT2D eigenvalue weighted by molar-refractivity contribution is -0.0625. The Labute approximate surface area is 300 Å². The van der Waals surface area contributed by atoms with Crippen molar-refractivity contribution in [3.8, 4) is 0 Å². The molecule has 8 atom stereocenters. The molecule has 0 spiro atoms. The molecule has 0 radical (unpaired) electrons. The molecule has 2 fully saturated rings. The molecule has 0 aliphatic carbocycles. The number of anilines is 1. The molecule has 2 aliphatic rings. The minimum atomic E-state index is -4.16. The first-order valence-electron chi connectivity index (χ1n) is 16.4. The van der Waals surface area contributed by atoms with Gasteiger partial charge >= 0.3 is 12.5 Å². The number of aliphatic hydroxyl groups excluding tert-OH is 2. The van der Waals surface area contributed by atoms with E-state index in [-0.39, 0.29) is 30.5 Å². The quantitative estimate of drug-likeness (QED) is 0.0787. The highest BCUT2D eigenvalue weighted by molar-refractivity contribution is 8.55. The number of imidazole rings is 1. The van der Waals surface area contributed by atoms with Crippen molar-refractivity contribution in [2.45, 2.75) is 62.2 Å². The number of hydrogen-bond acceptors (Lipinski definition) is 16. The first-order chi connectivity index (χ1) is 25.1. The van der Waals surface area contributed by atoms with E-state index in [0.717, 1.165) is 22.0 Å². The van der Waals surface area contributed by atoms with Gasteiger partial charge in [-0.1, -0.05) is 18.2 Å². The molecule has 2 saturated heterocycles. The van der Waals surface area contributed by atoms with E-state index >= 15 is 0 Å². The van der Waals surface area contributed by atoms with Crippen LogP contribution in [0, 0.1) is 0 Å². The number of nitrogens with one attached hydrogen (secondary N) is 2. The molecule has 6 rings (SSSR count). The molecule has 1 amide bonds. The van der Waals surface area contributed by atoms with Crippen LogP contribution in [-0.2, 0) is 27.8 Å². The van der Waals surface area contributed by atoms with Gasteiger partial charge in [-0.2, -0.15) is 0 Å². The van der Waals surface area contributed by atoms with Gasteiger partial charge in [-0.15, -0.1) is 0 Å². The maximum absolute atomic E-state index is 14.5. The van der Waals surface area contributed by atoms with Crippen molar-refractivity contribution in [1.29, 1.82) is 0 Å². The first-order valence-corrected chi connectivity index (χ1v) is 19.5. The van der Waals surface area contributed by atoms with E-state index in [0.29, 0.717) is 36.1 Å². The van der Waals surface area contributed by atoms with Gasteiger partial charge in [-0.05, 0) is 36.4 Å². The van der Waals surface area contributed by atoms with E-state index in [2.05, 4.69) is 25.3 Å². The van der Waals surface area contributed by atoms with Crippen molar-refractivity contribution in [2.24, 2.45) is 0 Å². The van der Waals surface area contributed by atoms with Crippen LogP contribution in [0.15, 0.2) is 64.8 Å². The second-order valence-electron chi connectivity index (χ2n) is 12.0. The summed E-state index contributed by atoms with van der Waals surface area (Å²) in [6.07, 6.45) is -2.03. The number of methoxy groups -OCH3 is 1. The molecule has 6 N–H and O–H groups in total. The first kappa shape index (κ1) is 37.8. The zero-order valence-electron chi connectivity index (χ0n) is 27.9. The fourth-order valence-corrected chi connectivity index (χ4v) is 9.49. The Bertz CT molecular complexity index is 2000. The van der Waals surface area contributed by atoms with Gasteiger partial charge in [0.15, 0.2) is 17.7 Å². The zero-order chi connectivity index (χ0) is 36.8. The highest BCUT2D eigenvalue weighted by atomic mass is 32.7. The number of aromatic amines is 1. The Hall–Kier alpha value is -3.98. The maximum Gasteiger partial charge on any atom is 0.389 e. The molecule has 0 saturated carbocycles. The molecule has 280 valence electrons. The summed E-state index contributed by atoms with van der Waals surface area (Å²) >= 11 is 0.886. The Kier molecular flexibility index (Phi) is 12.2. The molecular weight excluding hydrogens is 723 g/mol. The number of H-pyrrole nitrogens is 1. The second-order valence-corrected chi connectivity index (χ2v) is 16.1. The number of nitrogens with two attached hydrogens (primary N) is 1. The summed E-state index contributed by atoms with van der Waals surface area (Å²) in [7, 11) is 1.33. The Morgan fingerprint density at radius 2 is 1.92 bits per heavy atom. The number of ether oxygens (including phenoxy) is 3. The number of hydrogen-bond donors (Lipinski definition) is 5. The summed E-state index contributed by atoms with van der Waals surface area (Å²) in [5.74, 6) is 0.251. The summed E-state index contributed by atoms with van der Waals surface area (Å²) in [6.45, 7) is -4.74. The molecule has 1 aromatic carbocycles. The minimum absolute atomic E-state index is 0.140. The predicted molar refractivity (Wildman–Crippen MR) is 186 cm³/mol. The summed E-state index contributed by atoms with van der Waals surface area (Å²) in [5, 5.41) is 24.0. The van der Waals surface area contributed by atoms with Crippen molar-refractivity contribution in [2.75, 3.05) is 38.4 Å². The van der Waals surface area contributed by atoms with Crippen LogP contribution in [-0.4, -0.2) is 108 Å². The third-order valence-corrected chi connectivity index (χ3v) is 12.4. The van der Waals surface area contributed by atoms with Crippen molar-refractivity contribution < 1.29 is 42.8 Å².